The van der Waals surface area contributed by atoms with Crippen LogP contribution < -0.4 is 0 Å². The molecule has 22 heavy (non-hydrogen) atoms. The predicted octanol–water partition coefficient (Wildman–Crippen LogP) is 2.35. The lowest BCUT2D eigenvalue weighted by Crippen LogP contribution is -2.55. The van der Waals surface area contributed by atoms with Crippen molar-refractivity contribution < 1.29 is 9.53 Å². The summed E-state index contributed by atoms with van der Waals surface area (Å²) in [6.45, 7) is 3.66. The Morgan fingerprint density at radius 1 is 1.18 bits per heavy atom. The van der Waals surface area contributed by atoms with Crippen molar-refractivity contribution >= 4 is 6.09 Å². The maximum Gasteiger partial charge on any atom is 0.410 e. The molecule has 1 aliphatic heterocycles. The largest absolute Gasteiger partial charge is 0.445 e. The van der Waals surface area contributed by atoms with Gasteiger partial charge in [-0.15, -0.1) is 12.3 Å². The topological polar surface area (TPSA) is 32.8 Å². The van der Waals surface area contributed by atoms with Crippen LogP contribution >= 0.6 is 0 Å². The van der Waals surface area contributed by atoms with Crippen LogP contribution in [0.4, 0.5) is 4.79 Å². The summed E-state index contributed by atoms with van der Waals surface area (Å²) in [7, 11) is 0. The highest BCUT2D eigenvalue weighted by Crippen LogP contribution is 2.31. The van der Waals surface area contributed by atoms with Gasteiger partial charge >= 0.3 is 6.09 Å². The van der Waals surface area contributed by atoms with Gasteiger partial charge in [-0.2, -0.15) is 0 Å². The average molecular weight is 298 g/mol. The van der Waals surface area contributed by atoms with Crippen LogP contribution in [0.25, 0.3) is 0 Å². The van der Waals surface area contributed by atoms with E-state index in [2.05, 4.69) is 10.8 Å². The van der Waals surface area contributed by atoms with E-state index < -0.39 is 0 Å². The van der Waals surface area contributed by atoms with Gasteiger partial charge in [0.15, 0.2) is 0 Å². The Bertz CT molecular complexity index is 538. The molecule has 0 atom stereocenters. The summed E-state index contributed by atoms with van der Waals surface area (Å²) >= 11 is 0. The SMILES string of the molecule is C#CC1CC(N2CCN(C(=O)OCc3ccccc3)CC2)C1. The summed E-state index contributed by atoms with van der Waals surface area (Å²) in [4.78, 5) is 16.3. The number of terminal acetylenes is 1. The van der Waals surface area contributed by atoms with Crippen LogP contribution in [0, 0.1) is 18.3 Å². The Hall–Kier alpha value is -1.99. The van der Waals surface area contributed by atoms with Crippen molar-refractivity contribution in [1.82, 2.24) is 9.80 Å². The maximum absolute atomic E-state index is 12.1. The van der Waals surface area contributed by atoms with E-state index in [1.54, 1.807) is 4.90 Å². The second-order valence-electron chi connectivity index (χ2n) is 6.05. The third-order valence-electron chi connectivity index (χ3n) is 4.64. The van der Waals surface area contributed by atoms with E-state index >= 15 is 0 Å². The van der Waals surface area contributed by atoms with Gasteiger partial charge in [0.05, 0.1) is 0 Å². The van der Waals surface area contributed by atoms with E-state index in [4.69, 9.17) is 11.2 Å². The first-order valence-electron chi connectivity index (χ1n) is 7.92. The van der Waals surface area contributed by atoms with E-state index in [1.807, 2.05) is 30.3 Å². The standard InChI is InChI=1S/C18H22N2O2/c1-2-15-12-17(13-15)19-8-10-20(11-9-19)18(21)22-14-16-6-4-3-5-7-16/h1,3-7,15,17H,8-14H2. The molecule has 1 aromatic carbocycles. The third kappa shape index (κ3) is 3.42. The van der Waals surface area contributed by atoms with Crippen molar-refractivity contribution in [2.24, 2.45) is 5.92 Å². The molecule has 1 amide bonds. The molecule has 116 valence electrons. The van der Waals surface area contributed by atoms with Crippen LogP contribution in [-0.2, 0) is 11.3 Å². The molecular formula is C18H22N2O2. The summed E-state index contributed by atoms with van der Waals surface area (Å²) in [5.41, 5.74) is 1.02. The van der Waals surface area contributed by atoms with Crippen LogP contribution in [0.15, 0.2) is 30.3 Å². The van der Waals surface area contributed by atoms with Crippen molar-refractivity contribution in [1.29, 1.82) is 0 Å². The second-order valence-corrected chi connectivity index (χ2v) is 6.05. The zero-order chi connectivity index (χ0) is 15.4. The highest BCUT2D eigenvalue weighted by molar-refractivity contribution is 5.67. The number of hydrogen-bond acceptors (Lipinski definition) is 3. The van der Waals surface area contributed by atoms with Gasteiger partial charge in [0.25, 0.3) is 0 Å². The summed E-state index contributed by atoms with van der Waals surface area (Å²) in [5.74, 6) is 3.28. The quantitative estimate of drug-likeness (QED) is 0.803. The van der Waals surface area contributed by atoms with Gasteiger partial charge < -0.3 is 9.64 Å². The lowest BCUT2D eigenvalue weighted by Gasteiger charge is -2.44. The smallest absolute Gasteiger partial charge is 0.410 e. The fourth-order valence-electron chi connectivity index (χ4n) is 3.10. The van der Waals surface area contributed by atoms with Crippen LogP contribution in [-0.4, -0.2) is 48.1 Å². The summed E-state index contributed by atoms with van der Waals surface area (Å²) in [6.07, 6.45) is 7.43. The number of hydrogen-bond donors (Lipinski definition) is 0. The molecule has 4 heteroatoms. The Balaban J connectivity index is 1.40. The summed E-state index contributed by atoms with van der Waals surface area (Å²) < 4.78 is 5.38. The fraction of sp³-hybridized carbons (Fsp3) is 0.500. The average Bonchev–Trinajstić information content (AvgIpc) is 2.53. The van der Waals surface area contributed by atoms with Gasteiger partial charge in [0, 0.05) is 38.1 Å². The minimum Gasteiger partial charge on any atom is -0.445 e. The molecule has 1 heterocycles. The summed E-state index contributed by atoms with van der Waals surface area (Å²) in [6, 6.07) is 10.4. The van der Waals surface area contributed by atoms with E-state index in [0.717, 1.165) is 44.6 Å². The number of benzene rings is 1. The number of ether oxygens (including phenoxy) is 1. The number of amides is 1. The van der Waals surface area contributed by atoms with Crippen LogP contribution in [0.3, 0.4) is 0 Å². The molecule has 1 aliphatic carbocycles. The summed E-state index contributed by atoms with van der Waals surface area (Å²) in [5, 5.41) is 0. The molecule has 3 rings (SSSR count). The molecule has 1 saturated carbocycles. The molecule has 0 unspecified atom stereocenters. The molecule has 1 aromatic rings. The van der Waals surface area contributed by atoms with Gasteiger partial charge in [-0.05, 0) is 18.4 Å². The number of carbonyl (C=O) groups excluding carboxylic acids is 1. The predicted molar refractivity (Wildman–Crippen MR) is 85.1 cm³/mol. The Morgan fingerprint density at radius 2 is 1.86 bits per heavy atom. The molecule has 0 spiro atoms. The van der Waals surface area contributed by atoms with Gasteiger partial charge in [-0.3, -0.25) is 4.90 Å². The normalized spacial score (nSPS) is 25.1. The monoisotopic (exact) mass is 298 g/mol. The maximum atomic E-state index is 12.1. The van der Waals surface area contributed by atoms with E-state index in [9.17, 15) is 4.79 Å². The fourth-order valence-corrected chi connectivity index (χ4v) is 3.10. The highest BCUT2D eigenvalue weighted by atomic mass is 16.6. The number of rotatable bonds is 3. The second kappa shape index (κ2) is 6.85. The molecule has 1 saturated heterocycles. The lowest BCUT2D eigenvalue weighted by molar-refractivity contribution is 0.0348. The van der Waals surface area contributed by atoms with Gasteiger partial charge in [-0.25, -0.2) is 4.79 Å². The Labute approximate surface area is 132 Å². The molecule has 4 nitrogen and oxygen atoms in total. The number of nitrogens with zero attached hydrogens (tertiary/aromatic N) is 2. The third-order valence-corrected chi connectivity index (χ3v) is 4.64. The van der Waals surface area contributed by atoms with Crippen LogP contribution in [0.2, 0.25) is 0 Å². The van der Waals surface area contributed by atoms with Crippen molar-refractivity contribution in [3.63, 3.8) is 0 Å². The zero-order valence-corrected chi connectivity index (χ0v) is 12.8. The van der Waals surface area contributed by atoms with Crippen molar-refractivity contribution in [3.05, 3.63) is 35.9 Å². The molecular weight excluding hydrogens is 276 g/mol. The molecule has 2 aliphatic rings. The van der Waals surface area contributed by atoms with Gasteiger partial charge in [0.1, 0.15) is 6.61 Å². The van der Waals surface area contributed by atoms with Crippen molar-refractivity contribution in [2.45, 2.75) is 25.5 Å². The van der Waals surface area contributed by atoms with Gasteiger partial charge in [0.2, 0.25) is 0 Å². The molecule has 2 fully saturated rings. The van der Waals surface area contributed by atoms with Crippen LogP contribution in [0.5, 0.6) is 0 Å². The van der Waals surface area contributed by atoms with Crippen molar-refractivity contribution in [2.75, 3.05) is 26.2 Å². The molecule has 0 radical (unpaired) electrons. The van der Waals surface area contributed by atoms with Gasteiger partial charge in [-0.1, -0.05) is 30.3 Å². The van der Waals surface area contributed by atoms with Crippen LogP contribution in [0.1, 0.15) is 18.4 Å². The molecule has 0 bridgehead atoms. The van der Waals surface area contributed by atoms with Crippen molar-refractivity contribution in [3.8, 4) is 12.3 Å². The molecule has 0 N–H and O–H groups in total. The number of piperazine rings is 1. The minimum atomic E-state index is -0.210. The lowest BCUT2D eigenvalue weighted by atomic mass is 9.80. The number of carbonyl (C=O) groups is 1. The first kappa shape index (κ1) is 14.9. The van der Waals surface area contributed by atoms with E-state index in [0.29, 0.717) is 18.6 Å². The highest BCUT2D eigenvalue weighted by Gasteiger charge is 2.34. The Morgan fingerprint density at radius 3 is 2.50 bits per heavy atom. The first-order valence-corrected chi connectivity index (χ1v) is 7.92. The first-order chi connectivity index (χ1) is 10.8. The Kier molecular flexibility index (Phi) is 4.65. The molecule has 0 aromatic heterocycles. The zero-order valence-electron chi connectivity index (χ0n) is 12.8. The van der Waals surface area contributed by atoms with E-state index in [-0.39, 0.29) is 6.09 Å². The minimum absolute atomic E-state index is 0.210. The van der Waals surface area contributed by atoms with E-state index in [1.165, 1.54) is 0 Å².